The summed E-state index contributed by atoms with van der Waals surface area (Å²) < 4.78 is 0. The first-order valence-corrected chi connectivity index (χ1v) is 6.38. The largest absolute Gasteiger partial charge is 0.350 e. The van der Waals surface area contributed by atoms with Crippen LogP contribution in [0.25, 0.3) is 0 Å². The summed E-state index contributed by atoms with van der Waals surface area (Å²) in [6, 6.07) is 11.8. The van der Waals surface area contributed by atoms with E-state index in [1.54, 1.807) is 6.20 Å². The number of nitrogens with zero attached hydrogens (tertiary/aromatic N) is 1. The van der Waals surface area contributed by atoms with Crippen LogP contribution in [-0.4, -0.2) is 10.9 Å². The molecule has 1 aromatic heterocycles. The van der Waals surface area contributed by atoms with Crippen LogP contribution in [-0.2, 0) is 17.8 Å². The van der Waals surface area contributed by atoms with E-state index in [2.05, 4.69) is 23.3 Å². The van der Waals surface area contributed by atoms with Crippen LogP contribution in [0.1, 0.15) is 22.4 Å². The monoisotopic (exact) mass is 254 g/mol. The lowest BCUT2D eigenvalue weighted by Crippen LogP contribution is -2.25. The summed E-state index contributed by atoms with van der Waals surface area (Å²) in [6.45, 7) is 4.57. The van der Waals surface area contributed by atoms with Gasteiger partial charge in [-0.25, -0.2) is 0 Å². The predicted octanol–water partition coefficient (Wildman–Crippen LogP) is 2.56. The van der Waals surface area contributed by atoms with Crippen LogP contribution < -0.4 is 5.32 Å². The number of nitrogens with one attached hydrogen (secondary N) is 1. The quantitative estimate of drug-likeness (QED) is 0.911. The molecule has 0 bridgehead atoms. The number of benzene rings is 1. The molecule has 0 saturated carbocycles. The van der Waals surface area contributed by atoms with Crippen LogP contribution in [0.2, 0.25) is 0 Å². The maximum Gasteiger partial charge on any atom is 0.224 e. The van der Waals surface area contributed by atoms with Gasteiger partial charge in [-0.3, -0.25) is 9.78 Å². The molecule has 0 saturated heterocycles. The van der Waals surface area contributed by atoms with Crippen molar-refractivity contribution in [2.24, 2.45) is 0 Å². The number of hydrogen-bond donors (Lipinski definition) is 1. The number of aromatic nitrogens is 1. The summed E-state index contributed by atoms with van der Waals surface area (Å²) in [5.74, 6) is 0.0256. The summed E-state index contributed by atoms with van der Waals surface area (Å²) in [5, 5.41) is 2.89. The smallest absolute Gasteiger partial charge is 0.224 e. The Morgan fingerprint density at radius 3 is 2.74 bits per heavy atom. The van der Waals surface area contributed by atoms with Gasteiger partial charge >= 0.3 is 0 Å². The maximum absolute atomic E-state index is 11.9. The third-order valence-corrected chi connectivity index (χ3v) is 3.04. The second kappa shape index (κ2) is 6.14. The molecular weight excluding hydrogens is 236 g/mol. The summed E-state index contributed by atoms with van der Waals surface area (Å²) in [6.07, 6.45) is 2.14. The van der Waals surface area contributed by atoms with E-state index < -0.39 is 0 Å². The minimum atomic E-state index is 0.0256. The van der Waals surface area contributed by atoms with Gasteiger partial charge in [0.05, 0.1) is 18.7 Å². The first kappa shape index (κ1) is 13.3. The van der Waals surface area contributed by atoms with E-state index in [-0.39, 0.29) is 5.91 Å². The number of carbonyl (C=O) groups excluding carboxylic acids is 1. The highest BCUT2D eigenvalue weighted by atomic mass is 16.1. The van der Waals surface area contributed by atoms with E-state index in [1.165, 1.54) is 5.56 Å². The van der Waals surface area contributed by atoms with Crippen LogP contribution >= 0.6 is 0 Å². The molecule has 3 heteroatoms. The second-order valence-electron chi connectivity index (χ2n) is 4.70. The molecular formula is C16H18N2O. The van der Waals surface area contributed by atoms with Crippen molar-refractivity contribution in [1.82, 2.24) is 10.3 Å². The third kappa shape index (κ3) is 3.91. The molecule has 3 nitrogen and oxygen atoms in total. The standard InChI is InChI=1S/C16H18N2O/c1-12-6-7-14(13(2)9-12)10-16(19)18-11-15-5-3-4-8-17-15/h3-9H,10-11H2,1-2H3,(H,18,19). The van der Waals surface area contributed by atoms with Crippen LogP contribution in [0.3, 0.4) is 0 Å². The summed E-state index contributed by atoms with van der Waals surface area (Å²) >= 11 is 0. The fourth-order valence-electron chi connectivity index (χ4n) is 1.97. The van der Waals surface area contributed by atoms with Gasteiger partial charge in [-0.2, -0.15) is 0 Å². The molecule has 19 heavy (non-hydrogen) atoms. The highest BCUT2D eigenvalue weighted by Gasteiger charge is 2.06. The van der Waals surface area contributed by atoms with Crippen LogP contribution in [0, 0.1) is 13.8 Å². The van der Waals surface area contributed by atoms with Crippen molar-refractivity contribution in [3.8, 4) is 0 Å². The molecule has 1 N–H and O–H groups in total. The Hall–Kier alpha value is -2.16. The van der Waals surface area contributed by atoms with Crippen molar-refractivity contribution < 1.29 is 4.79 Å². The van der Waals surface area contributed by atoms with Crippen LogP contribution in [0.4, 0.5) is 0 Å². The number of aryl methyl sites for hydroxylation is 2. The van der Waals surface area contributed by atoms with E-state index in [4.69, 9.17) is 0 Å². The van der Waals surface area contributed by atoms with Gasteiger partial charge in [-0.15, -0.1) is 0 Å². The molecule has 0 aliphatic rings. The van der Waals surface area contributed by atoms with Gasteiger partial charge in [-0.05, 0) is 37.1 Å². The summed E-state index contributed by atoms with van der Waals surface area (Å²) in [7, 11) is 0. The van der Waals surface area contributed by atoms with Gasteiger partial charge in [0.2, 0.25) is 5.91 Å². The maximum atomic E-state index is 11.9. The Kier molecular flexibility index (Phi) is 4.29. The fraction of sp³-hybridized carbons (Fsp3) is 0.250. The van der Waals surface area contributed by atoms with E-state index in [1.807, 2.05) is 37.3 Å². The number of amides is 1. The van der Waals surface area contributed by atoms with Gasteiger partial charge < -0.3 is 5.32 Å². The Bertz CT molecular complexity index is 564. The van der Waals surface area contributed by atoms with Gasteiger partial charge in [0.15, 0.2) is 0 Å². The lowest BCUT2D eigenvalue weighted by atomic mass is 10.0. The lowest BCUT2D eigenvalue weighted by molar-refractivity contribution is -0.120. The number of rotatable bonds is 4. The molecule has 2 rings (SSSR count). The normalized spacial score (nSPS) is 10.2. The molecule has 98 valence electrons. The number of pyridine rings is 1. The Morgan fingerprint density at radius 2 is 2.05 bits per heavy atom. The minimum Gasteiger partial charge on any atom is -0.350 e. The first-order chi connectivity index (χ1) is 9.15. The Morgan fingerprint density at radius 1 is 1.21 bits per heavy atom. The average Bonchev–Trinajstić information content (AvgIpc) is 2.41. The Balaban J connectivity index is 1.91. The van der Waals surface area contributed by atoms with Crippen molar-refractivity contribution in [3.63, 3.8) is 0 Å². The van der Waals surface area contributed by atoms with Gasteiger partial charge in [0.25, 0.3) is 0 Å². The molecule has 0 atom stereocenters. The predicted molar refractivity (Wildman–Crippen MR) is 75.7 cm³/mol. The van der Waals surface area contributed by atoms with E-state index in [0.717, 1.165) is 16.8 Å². The number of carbonyl (C=O) groups is 1. The van der Waals surface area contributed by atoms with Crippen LogP contribution in [0.15, 0.2) is 42.6 Å². The lowest BCUT2D eigenvalue weighted by Gasteiger charge is -2.08. The molecule has 0 fully saturated rings. The van der Waals surface area contributed by atoms with E-state index in [9.17, 15) is 4.79 Å². The van der Waals surface area contributed by atoms with Crippen molar-refractivity contribution >= 4 is 5.91 Å². The van der Waals surface area contributed by atoms with Gasteiger partial charge in [0.1, 0.15) is 0 Å². The highest BCUT2D eigenvalue weighted by molar-refractivity contribution is 5.78. The first-order valence-electron chi connectivity index (χ1n) is 6.38. The topological polar surface area (TPSA) is 42.0 Å². The SMILES string of the molecule is Cc1ccc(CC(=O)NCc2ccccn2)c(C)c1. The minimum absolute atomic E-state index is 0.0256. The van der Waals surface area contributed by atoms with Crippen molar-refractivity contribution in [1.29, 1.82) is 0 Å². The molecule has 1 aromatic carbocycles. The molecule has 1 heterocycles. The van der Waals surface area contributed by atoms with Crippen molar-refractivity contribution in [2.45, 2.75) is 26.8 Å². The van der Waals surface area contributed by atoms with Gasteiger partial charge in [-0.1, -0.05) is 29.8 Å². The highest BCUT2D eigenvalue weighted by Crippen LogP contribution is 2.11. The second-order valence-corrected chi connectivity index (χ2v) is 4.70. The summed E-state index contributed by atoms with van der Waals surface area (Å²) in [5.41, 5.74) is 4.32. The van der Waals surface area contributed by atoms with Crippen molar-refractivity contribution in [3.05, 3.63) is 65.0 Å². The van der Waals surface area contributed by atoms with E-state index in [0.29, 0.717) is 13.0 Å². The third-order valence-electron chi connectivity index (χ3n) is 3.04. The fourth-order valence-corrected chi connectivity index (χ4v) is 1.97. The zero-order chi connectivity index (χ0) is 13.7. The molecule has 0 radical (unpaired) electrons. The molecule has 0 aliphatic carbocycles. The van der Waals surface area contributed by atoms with Crippen molar-refractivity contribution in [2.75, 3.05) is 0 Å². The Labute approximate surface area is 113 Å². The van der Waals surface area contributed by atoms with Crippen LogP contribution in [0.5, 0.6) is 0 Å². The van der Waals surface area contributed by atoms with Gasteiger partial charge in [0, 0.05) is 6.20 Å². The number of hydrogen-bond acceptors (Lipinski definition) is 2. The molecule has 0 unspecified atom stereocenters. The zero-order valence-corrected chi connectivity index (χ0v) is 11.3. The average molecular weight is 254 g/mol. The summed E-state index contributed by atoms with van der Waals surface area (Å²) in [4.78, 5) is 16.1. The van der Waals surface area contributed by atoms with E-state index >= 15 is 0 Å². The molecule has 0 spiro atoms. The molecule has 1 amide bonds. The zero-order valence-electron chi connectivity index (χ0n) is 11.3. The molecule has 2 aromatic rings. The molecule has 0 aliphatic heterocycles.